The Morgan fingerprint density at radius 2 is 1.50 bits per heavy atom. The molecule has 0 bridgehead atoms. The molecule has 0 atom stereocenters. The van der Waals surface area contributed by atoms with Gasteiger partial charge in [0.15, 0.2) is 0 Å². The van der Waals surface area contributed by atoms with Crippen LogP contribution in [0.15, 0.2) is 89.8 Å². The summed E-state index contributed by atoms with van der Waals surface area (Å²) in [4.78, 5) is 0.270. The second-order valence-electron chi connectivity index (χ2n) is 8.04. The molecule has 0 amide bonds. The molecular weight excluding hydrogens is 394 g/mol. The summed E-state index contributed by atoms with van der Waals surface area (Å²) >= 11 is 0. The second kappa shape index (κ2) is 7.65. The van der Waals surface area contributed by atoms with Crippen LogP contribution in [0.25, 0.3) is 5.70 Å². The standard InChI is InChI=1S/C25H25NO3S/c1-19-13-15-21(16-14-19)30(27,28)26(18-20-9-5-4-6-10-20)23-17-25(2,3)29-24-12-8-7-11-22(23)24/h4-17H,18H2,1-3H3. The summed E-state index contributed by atoms with van der Waals surface area (Å²) < 4.78 is 35.2. The Bertz CT molecular complexity index is 1180. The van der Waals surface area contributed by atoms with Gasteiger partial charge < -0.3 is 4.74 Å². The van der Waals surface area contributed by atoms with E-state index in [-0.39, 0.29) is 11.4 Å². The molecule has 30 heavy (non-hydrogen) atoms. The predicted octanol–water partition coefficient (Wildman–Crippen LogP) is 5.40. The molecule has 5 heteroatoms. The van der Waals surface area contributed by atoms with Crippen molar-refractivity contribution in [1.29, 1.82) is 0 Å². The zero-order valence-electron chi connectivity index (χ0n) is 17.4. The van der Waals surface area contributed by atoms with Gasteiger partial charge in [0.25, 0.3) is 10.0 Å². The number of aryl methyl sites for hydroxylation is 1. The lowest BCUT2D eigenvalue weighted by atomic mass is 9.99. The van der Waals surface area contributed by atoms with Crippen LogP contribution in [0, 0.1) is 6.92 Å². The third-order valence-electron chi connectivity index (χ3n) is 5.07. The molecule has 0 aromatic heterocycles. The number of para-hydroxylation sites is 1. The molecule has 0 N–H and O–H groups in total. The van der Waals surface area contributed by atoms with E-state index in [4.69, 9.17) is 4.74 Å². The third-order valence-corrected chi connectivity index (χ3v) is 6.84. The highest BCUT2D eigenvalue weighted by Crippen LogP contribution is 2.40. The summed E-state index contributed by atoms with van der Waals surface area (Å²) in [5, 5.41) is 0. The van der Waals surface area contributed by atoms with E-state index < -0.39 is 15.6 Å². The Morgan fingerprint density at radius 3 is 2.20 bits per heavy atom. The number of benzene rings is 3. The molecule has 3 aromatic carbocycles. The van der Waals surface area contributed by atoms with Crippen LogP contribution in [0.1, 0.15) is 30.5 Å². The van der Waals surface area contributed by atoms with Crippen molar-refractivity contribution in [2.75, 3.05) is 0 Å². The predicted molar refractivity (Wildman–Crippen MR) is 119 cm³/mol. The Balaban J connectivity index is 1.89. The molecule has 1 aliphatic rings. The fraction of sp³-hybridized carbons (Fsp3) is 0.200. The topological polar surface area (TPSA) is 46.6 Å². The maximum Gasteiger partial charge on any atom is 0.264 e. The molecule has 0 radical (unpaired) electrons. The van der Waals surface area contributed by atoms with Crippen LogP contribution in [0.2, 0.25) is 0 Å². The number of hydrogen-bond donors (Lipinski definition) is 0. The first-order valence-electron chi connectivity index (χ1n) is 9.91. The fourth-order valence-electron chi connectivity index (χ4n) is 3.58. The summed E-state index contributed by atoms with van der Waals surface area (Å²) in [6.45, 7) is 6.04. The molecule has 1 heterocycles. The van der Waals surface area contributed by atoms with E-state index in [9.17, 15) is 8.42 Å². The van der Waals surface area contributed by atoms with Gasteiger partial charge in [-0.3, -0.25) is 4.31 Å². The Labute approximate surface area is 178 Å². The van der Waals surface area contributed by atoms with Crippen molar-refractivity contribution in [2.24, 2.45) is 0 Å². The first kappa shape index (κ1) is 20.2. The number of hydrogen-bond acceptors (Lipinski definition) is 3. The van der Waals surface area contributed by atoms with Crippen LogP contribution in [0.5, 0.6) is 5.75 Å². The van der Waals surface area contributed by atoms with Crippen LogP contribution in [-0.2, 0) is 16.6 Å². The first-order chi connectivity index (χ1) is 14.3. The lowest BCUT2D eigenvalue weighted by Crippen LogP contribution is -2.36. The summed E-state index contributed by atoms with van der Waals surface area (Å²) in [5.41, 5.74) is 2.69. The van der Waals surface area contributed by atoms with Crippen molar-refractivity contribution in [3.63, 3.8) is 0 Å². The summed E-state index contributed by atoms with van der Waals surface area (Å²) in [6, 6.07) is 24.2. The maximum absolute atomic E-state index is 13.8. The van der Waals surface area contributed by atoms with Crippen LogP contribution >= 0.6 is 0 Å². The number of rotatable bonds is 5. The van der Waals surface area contributed by atoms with Crippen LogP contribution < -0.4 is 4.74 Å². The maximum atomic E-state index is 13.8. The molecule has 3 aromatic rings. The van der Waals surface area contributed by atoms with Crippen molar-refractivity contribution in [1.82, 2.24) is 4.31 Å². The largest absolute Gasteiger partial charge is 0.483 e. The van der Waals surface area contributed by atoms with Gasteiger partial charge in [0.2, 0.25) is 0 Å². The van der Waals surface area contributed by atoms with Crippen molar-refractivity contribution < 1.29 is 13.2 Å². The second-order valence-corrected chi connectivity index (χ2v) is 9.90. The Hall–Kier alpha value is -3.05. The van der Waals surface area contributed by atoms with E-state index in [0.717, 1.165) is 16.7 Å². The van der Waals surface area contributed by atoms with Crippen LogP contribution in [-0.4, -0.2) is 18.3 Å². The molecule has 4 rings (SSSR count). The smallest absolute Gasteiger partial charge is 0.264 e. The molecule has 0 saturated carbocycles. The quantitative estimate of drug-likeness (QED) is 0.556. The Kier molecular flexibility index (Phi) is 5.16. The van der Waals surface area contributed by atoms with Gasteiger partial charge in [0.1, 0.15) is 11.4 Å². The fourth-order valence-corrected chi connectivity index (χ4v) is 5.04. The minimum Gasteiger partial charge on any atom is -0.483 e. The summed E-state index contributed by atoms with van der Waals surface area (Å²) in [6.07, 6.45) is 1.89. The average Bonchev–Trinajstić information content (AvgIpc) is 2.72. The van der Waals surface area contributed by atoms with E-state index >= 15 is 0 Å². The van der Waals surface area contributed by atoms with Gasteiger partial charge in [-0.05, 0) is 56.7 Å². The highest BCUT2D eigenvalue weighted by molar-refractivity contribution is 7.89. The van der Waals surface area contributed by atoms with Gasteiger partial charge in [-0.25, -0.2) is 8.42 Å². The molecule has 154 valence electrons. The lowest BCUT2D eigenvalue weighted by Gasteiger charge is -2.36. The number of fused-ring (bicyclic) bond motifs is 1. The minimum absolute atomic E-state index is 0.229. The molecule has 1 aliphatic heterocycles. The molecule has 0 unspecified atom stereocenters. The number of ether oxygens (including phenoxy) is 1. The van der Waals surface area contributed by atoms with Gasteiger partial charge >= 0.3 is 0 Å². The van der Waals surface area contributed by atoms with Gasteiger partial charge in [-0.2, -0.15) is 0 Å². The molecule has 0 aliphatic carbocycles. The summed E-state index contributed by atoms with van der Waals surface area (Å²) in [7, 11) is -3.80. The minimum atomic E-state index is -3.80. The van der Waals surface area contributed by atoms with Gasteiger partial charge in [0, 0.05) is 5.56 Å². The highest BCUT2D eigenvalue weighted by atomic mass is 32.2. The summed E-state index contributed by atoms with van der Waals surface area (Å²) in [5.74, 6) is 0.678. The van der Waals surface area contributed by atoms with Crippen molar-refractivity contribution >= 4 is 15.7 Å². The third kappa shape index (κ3) is 3.98. The number of nitrogens with zero attached hydrogens (tertiary/aromatic N) is 1. The molecule has 0 spiro atoms. The molecule has 0 saturated heterocycles. The van der Waals surface area contributed by atoms with Crippen LogP contribution in [0.3, 0.4) is 0 Å². The average molecular weight is 420 g/mol. The molecule has 4 nitrogen and oxygen atoms in total. The zero-order chi connectivity index (χ0) is 21.4. The molecular formula is C25H25NO3S. The van der Waals surface area contributed by atoms with E-state index in [1.54, 1.807) is 12.1 Å². The normalized spacial score (nSPS) is 15.0. The first-order valence-corrected chi connectivity index (χ1v) is 11.3. The lowest BCUT2D eigenvalue weighted by molar-refractivity contribution is 0.156. The Morgan fingerprint density at radius 1 is 0.867 bits per heavy atom. The van der Waals surface area contributed by atoms with Gasteiger partial charge in [-0.1, -0.05) is 60.2 Å². The monoisotopic (exact) mass is 419 g/mol. The van der Waals surface area contributed by atoms with Gasteiger partial charge in [-0.15, -0.1) is 0 Å². The number of sulfonamides is 1. The van der Waals surface area contributed by atoms with Crippen molar-refractivity contribution in [2.45, 2.75) is 37.8 Å². The van der Waals surface area contributed by atoms with E-state index in [1.165, 1.54) is 4.31 Å². The SMILES string of the molecule is Cc1ccc(S(=O)(=O)N(Cc2ccccc2)C2=CC(C)(C)Oc3ccccc32)cc1. The van der Waals surface area contributed by atoms with E-state index in [0.29, 0.717) is 11.4 Å². The van der Waals surface area contributed by atoms with Gasteiger partial charge in [0.05, 0.1) is 17.1 Å². The van der Waals surface area contributed by atoms with Crippen LogP contribution in [0.4, 0.5) is 0 Å². The molecule has 0 fully saturated rings. The highest BCUT2D eigenvalue weighted by Gasteiger charge is 2.34. The van der Waals surface area contributed by atoms with E-state index in [2.05, 4.69) is 0 Å². The zero-order valence-corrected chi connectivity index (χ0v) is 18.2. The van der Waals surface area contributed by atoms with Crippen molar-refractivity contribution in [3.8, 4) is 5.75 Å². The van der Waals surface area contributed by atoms with E-state index in [1.807, 2.05) is 93.6 Å². The van der Waals surface area contributed by atoms with Crippen molar-refractivity contribution in [3.05, 3.63) is 102 Å².